The van der Waals surface area contributed by atoms with E-state index >= 15 is 0 Å². The summed E-state index contributed by atoms with van der Waals surface area (Å²) in [5.74, 6) is 0.404. The second-order valence-corrected chi connectivity index (χ2v) is 5.31. The molecule has 0 fully saturated rings. The molecule has 1 aliphatic rings. The molecule has 0 saturated carbocycles. The van der Waals surface area contributed by atoms with Gasteiger partial charge in [0.15, 0.2) is 0 Å². The van der Waals surface area contributed by atoms with E-state index in [4.69, 9.17) is 16.3 Å². The zero-order valence-electron chi connectivity index (χ0n) is 10.8. The molecule has 0 bridgehead atoms. The zero-order valence-corrected chi connectivity index (χ0v) is 11.5. The van der Waals surface area contributed by atoms with Crippen molar-refractivity contribution in [3.63, 3.8) is 0 Å². The minimum Gasteiger partial charge on any atom is -0.489 e. The van der Waals surface area contributed by atoms with Gasteiger partial charge in [-0.15, -0.1) is 0 Å². The van der Waals surface area contributed by atoms with Crippen LogP contribution in [0.2, 0.25) is 5.02 Å². The third kappa shape index (κ3) is 2.51. The first-order valence-electron chi connectivity index (χ1n) is 6.52. The third-order valence-electron chi connectivity index (χ3n) is 3.59. The van der Waals surface area contributed by atoms with E-state index in [-0.39, 0.29) is 12.4 Å². The molecular weight excluding hydrogens is 279 g/mol. The van der Waals surface area contributed by atoms with E-state index in [1.165, 1.54) is 18.2 Å². The zero-order chi connectivity index (χ0) is 14.1. The summed E-state index contributed by atoms with van der Waals surface area (Å²) in [5, 5.41) is 10.3. The van der Waals surface area contributed by atoms with Crippen LogP contribution in [-0.2, 0) is 13.0 Å². The number of halogens is 2. The molecule has 0 aromatic heterocycles. The van der Waals surface area contributed by atoms with Crippen molar-refractivity contribution in [1.29, 1.82) is 0 Å². The van der Waals surface area contributed by atoms with Crippen molar-refractivity contribution in [2.24, 2.45) is 0 Å². The second-order valence-electron chi connectivity index (χ2n) is 4.90. The molecule has 104 valence electrons. The largest absolute Gasteiger partial charge is 0.489 e. The van der Waals surface area contributed by atoms with Gasteiger partial charge in [-0.25, -0.2) is 4.39 Å². The molecule has 2 aromatic carbocycles. The maximum absolute atomic E-state index is 13.2. The van der Waals surface area contributed by atoms with E-state index in [2.05, 4.69) is 0 Å². The number of hydrogen-bond donors (Lipinski definition) is 1. The van der Waals surface area contributed by atoms with Crippen LogP contribution in [0.3, 0.4) is 0 Å². The fourth-order valence-corrected chi connectivity index (χ4v) is 2.72. The van der Waals surface area contributed by atoms with Crippen molar-refractivity contribution in [1.82, 2.24) is 0 Å². The van der Waals surface area contributed by atoms with Gasteiger partial charge in [0.25, 0.3) is 0 Å². The predicted molar refractivity (Wildman–Crippen MR) is 75.5 cm³/mol. The normalized spacial score (nSPS) is 17.1. The van der Waals surface area contributed by atoms with Gasteiger partial charge in [0.05, 0.1) is 6.10 Å². The van der Waals surface area contributed by atoms with Gasteiger partial charge < -0.3 is 9.84 Å². The first-order valence-corrected chi connectivity index (χ1v) is 6.89. The maximum Gasteiger partial charge on any atom is 0.123 e. The monoisotopic (exact) mass is 292 g/mol. The quantitative estimate of drug-likeness (QED) is 0.925. The number of fused-ring (bicyclic) bond motifs is 1. The molecule has 0 radical (unpaired) electrons. The van der Waals surface area contributed by atoms with Crippen LogP contribution in [0.15, 0.2) is 36.4 Å². The molecule has 2 aromatic rings. The number of rotatable bonds is 3. The molecule has 0 amide bonds. The number of benzene rings is 2. The summed E-state index contributed by atoms with van der Waals surface area (Å²) in [7, 11) is 0. The number of ether oxygens (including phenoxy) is 1. The minimum absolute atomic E-state index is 0.211. The third-order valence-corrected chi connectivity index (χ3v) is 3.96. The number of aliphatic hydroxyl groups excluding tert-OH is 1. The Balaban J connectivity index is 1.81. The summed E-state index contributed by atoms with van der Waals surface area (Å²) in [6, 6.07) is 9.85. The Morgan fingerprint density at radius 1 is 1.30 bits per heavy atom. The smallest absolute Gasteiger partial charge is 0.123 e. The molecule has 20 heavy (non-hydrogen) atoms. The molecule has 4 heteroatoms. The van der Waals surface area contributed by atoms with Crippen molar-refractivity contribution >= 4 is 11.6 Å². The van der Waals surface area contributed by atoms with Crippen LogP contribution in [-0.4, -0.2) is 5.11 Å². The van der Waals surface area contributed by atoms with Gasteiger partial charge in [0, 0.05) is 16.1 Å². The lowest BCUT2D eigenvalue weighted by Gasteiger charge is -2.12. The number of aliphatic hydroxyl groups is 1. The van der Waals surface area contributed by atoms with Gasteiger partial charge in [-0.1, -0.05) is 23.7 Å². The molecule has 1 atom stereocenters. The van der Waals surface area contributed by atoms with Gasteiger partial charge in [-0.05, 0) is 42.7 Å². The van der Waals surface area contributed by atoms with E-state index in [0.717, 1.165) is 29.7 Å². The highest BCUT2D eigenvalue weighted by molar-refractivity contribution is 6.31. The van der Waals surface area contributed by atoms with E-state index in [1.807, 2.05) is 18.2 Å². The SMILES string of the molecule is OC1CCc2c(OCc3cc(F)ccc3Cl)cccc21. The van der Waals surface area contributed by atoms with Crippen molar-refractivity contribution in [2.45, 2.75) is 25.6 Å². The molecule has 1 unspecified atom stereocenters. The van der Waals surface area contributed by atoms with Crippen molar-refractivity contribution < 1.29 is 14.2 Å². The molecule has 0 aliphatic heterocycles. The summed E-state index contributed by atoms with van der Waals surface area (Å²) in [6.07, 6.45) is 1.10. The van der Waals surface area contributed by atoms with Crippen molar-refractivity contribution in [3.05, 3.63) is 63.9 Å². The summed E-state index contributed by atoms with van der Waals surface area (Å²) >= 11 is 6.02. The average molecular weight is 293 g/mol. The van der Waals surface area contributed by atoms with E-state index < -0.39 is 6.10 Å². The second kappa shape index (κ2) is 5.43. The summed E-state index contributed by atoms with van der Waals surface area (Å²) in [6.45, 7) is 0.211. The Hall–Kier alpha value is -1.58. The lowest BCUT2D eigenvalue weighted by Crippen LogP contribution is -2.00. The standard InChI is InChI=1S/C16H14ClFO2/c17-14-6-4-11(18)8-10(14)9-20-16-3-1-2-12-13(16)5-7-15(12)19/h1-4,6,8,15,19H,5,7,9H2. The van der Waals surface area contributed by atoms with Crippen molar-refractivity contribution in [2.75, 3.05) is 0 Å². The maximum atomic E-state index is 13.2. The van der Waals surface area contributed by atoms with Gasteiger partial charge >= 0.3 is 0 Å². The first kappa shape index (κ1) is 13.4. The summed E-state index contributed by atoms with van der Waals surface area (Å²) in [4.78, 5) is 0. The molecule has 1 aliphatic carbocycles. The van der Waals surface area contributed by atoms with E-state index in [0.29, 0.717) is 10.6 Å². The molecule has 1 N–H and O–H groups in total. The Labute approximate surface area is 121 Å². The molecule has 2 nitrogen and oxygen atoms in total. The minimum atomic E-state index is -0.411. The highest BCUT2D eigenvalue weighted by atomic mass is 35.5. The van der Waals surface area contributed by atoms with Crippen LogP contribution in [0, 0.1) is 5.82 Å². The van der Waals surface area contributed by atoms with Crippen LogP contribution in [0.4, 0.5) is 4.39 Å². The summed E-state index contributed by atoms with van der Waals surface area (Å²) < 4.78 is 19.0. The number of hydrogen-bond acceptors (Lipinski definition) is 2. The van der Waals surface area contributed by atoms with Crippen LogP contribution in [0.5, 0.6) is 5.75 Å². The Morgan fingerprint density at radius 2 is 2.15 bits per heavy atom. The summed E-state index contributed by atoms with van der Waals surface area (Å²) in [5.41, 5.74) is 2.57. The molecule has 0 heterocycles. The van der Waals surface area contributed by atoms with Crippen molar-refractivity contribution in [3.8, 4) is 5.75 Å². The molecule has 3 rings (SSSR count). The molecule has 0 spiro atoms. The van der Waals surface area contributed by atoms with E-state index in [1.54, 1.807) is 0 Å². The lowest BCUT2D eigenvalue weighted by molar-refractivity contribution is 0.180. The van der Waals surface area contributed by atoms with Crippen LogP contribution < -0.4 is 4.74 Å². The fourth-order valence-electron chi connectivity index (χ4n) is 2.54. The average Bonchev–Trinajstić information content (AvgIpc) is 2.82. The van der Waals surface area contributed by atoms with Crippen LogP contribution in [0.25, 0.3) is 0 Å². The molecular formula is C16H14ClFO2. The molecule has 0 saturated heterocycles. The Morgan fingerprint density at radius 3 is 3.00 bits per heavy atom. The van der Waals surface area contributed by atoms with Gasteiger partial charge in [-0.3, -0.25) is 0 Å². The first-order chi connectivity index (χ1) is 9.65. The fraction of sp³-hybridized carbons (Fsp3) is 0.250. The highest BCUT2D eigenvalue weighted by Crippen LogP contribution is 2.37. The van der Waals surface area contributed by atoms with Gasteiger partial charge in [0.2, 0.25) is 0 Å². The van der Waals surface area contributed by atoms with Crippen LogP contribution in [0.1, 0.15) is 29.2 Å². The topological polar surface area (TPSA) is 29.5 Å². The highest BCUT2D eigenvalue weighted by Gasteiger charge is 2.23. The Bertz CT molecular complexity index is 642. The van der Waals surface area contributed by atoms with E-state index in [9.17, 15) is 9.50 Å². The van der Waals surface area contributed by atoms with Crippen LogP contribution >= 0.6 is 11.6 Å². The van der Waals surface area contributed by atoms with Gasteiger partial charge in [-0.2, -0.15) is 0 Å². The van der Waals surface area contributed by atoms with Gasteiger partial charge in [0.1, 0.15) is 18.2 Å². The lowest BCUT2D eigenvalue weighted by atomic mass is 10.1. The predicted octanol–water partition coefficient (Wildman–Crippen LogP) is 4.04. The Kier molecular flexibility index (Phi) is 3.64.